The number of Topliss-reactive ketones (excluding diaryl/α,β-unsaturated/α-hetero) is 1. The van der Waals surface area contributed by atoms with Crippen LogP contribution in [-0.4, -0.2) is 10.8 Å². The van der Waals surface area contributed by atoms with Crippen molar-refractivity contribution in [3.8, 4) is 0 Å². The van der Waals surface area contributed by atoms with Crippen LogP contribution in [0, 0.1) is 0 Å². The van der Waals surface area contributed by atoms with Crippen molar-refractivity contribution >= 4 is 22.8 Å². The molecule has 2 aromatic rings. The molecule has 1 aliphatic rings. The number of rotatable bonds is 3. The van der Waals surface area contributed by atoms with Gasteiger partial charge in [-0.25, -0.2) is 4.98 Å². The molecule has 1 aliphatic carbocycles. The molecule has 0 saturated heterocycles. The van der Waals surface area contributed by atoms with Gasteiger partial charge in [-0.1, -0.05) is 12.1 Å². The average molecular weight is 312 g/mol. The monoisotopic (exact) mass is 312 g/mol. The summed E-state index contributed by atoms with van der Waals surface area (Å²) < 4.78 is 37.7. The van der Waals surface area contributed by atoms with Gasteiger partial charge in [-0.2, -0.15) is 13.2 Å². The van der Waals surface area contributed by atoms with Crippen molar-refractivity contribution in [3.05, 3.63) is 45.9 Å². The number of anilines is 1. The average Bonchev–Trinajstić information content (AvgIpc) is 3.06. The number of thiazole rings is 1. The fourth-order valence-corrected chi connectivity index (χ4v) is 3.14. The van der Waals surface area contributed by atoms with Gasteiger partial charge in [0.25, 0.3) is 0 Å². The summed E-state index contributed by atoms with van der Waals surface area (Å²) in [5, 5.41) is -0.987. The van der Waals surface area contributed by atoms with Gasteiger partial charge in [0.15, 0.2) is 10.8 Å². The Morgan fingerprint density at radius 3 is 2.33 bits per heavy atom. The van der Waals surface area contributed by atoms with Crippen molar-refractivity contribution in [1.29, 1.82) is 0 Å². The van der Waals surface area contributed by atoms with Crippen molar-refractivity contribution in [2.24, 2.45) is 0 Å². The summed E-state index contributed by atoms with van der Waals surface area (Å²) in [6.45, 7) is 0. The van der Waals surface area contributed by atoms with Gasteiger partial charge in [-0.3, -0.25) is 4.79 Å². The highest BCUT2D eigenvalue weighted by Gasteiger charge is 2.52. The topological polar surface area (TPSA) is 56.0 Å². The van der Waals surface area contributed by atoms with E-state index in [0.717, 1.165) is 11.8 Å². The van der Waals surface area contributed by atoms with Crippen LogP contribution in [0.1, 0.15) is 33.1 Å². The van der Waals surface area contributed by atoms with E-state index in [4.69, 9.17) is 5.73 Å². The Hall–Kier alpha value is -1.89. The maximum absolute atomic E-state index is 12.6. The molecule has 1 heterocycles. The van der Waals surface area contributed by atoms with E-state index >= 15 is 0 Å². The number of nitrogens with zero attached hydrogens (tertiary/aromatic N) is 1. The van der Waals surface area contributed by atoms with E-state index in [9.17, 15) is 18.0 Å². The Kier molecular flexibility index (Phi) is 3.05. The normalized spacial score (nSPS) is 16.7. The summed E-state index contributed by atoms with van der Waals surface area (Å²) in [7, 11) is 0. The first-order chi connectivity index (χ1) is 9.83. The Morgan fingerprint density at radius 1 is 1.24 bits per heavy atom. The number of aromatic nitrogens is 1. The van der Waals surface area contributed by atoms with Gasteiger partial charge in [-0.15, -0.1) is 11.3 Å². The molecule has 2 N–H and O–H groups in total. The van der Waals surface area contributed by atoms with Crippen LogP contribution in [0.3, 0.4) is 0 Å². The standard InChI is InChI=1S/C14H11F3N2OS/c15-14(16,17)12-19-7-10(21-12)11(20)13(5-6-13)8-1-3-9(18)4-2-8/h1-4,7H,5-6,18H2. The quantitative estimate of drug-likeness (QED) is 0.695. The molecule has 21 heavy (non-hydrogen) atoms. The van der Waals surface area contributed by atoms with E-state index in [2.05, 4.69) is 4.98 Å². The van der Waals surface area contributed by atoms with E-state index < -0.39 is 16.6 Å². The highest BCUT2D eigenvalue weighted by atomic mass is 32.1. The van der Waals surface area contributed by atoms with E-state index in [0.29, 0.717) is 29.9 Å². The highest BCUT2D eigenvalue weighted by molar-refractivity contribution is 7.13. The summed E-state index contributed by atoms with van der Waals surface area (Å²) >= 11 is 0.402. The summed E-state index contributed by atoms with van der Waals surface area (Å²) in [6, 6.07) is 6.89. The lowest BCUT2D eigenvalue weighted by molar-refractivity contribution is -0.137. The smallest absolute Gasteiger partial charge is 0.399 e. The lowest BCUT2D eigenvalue weighted by Gasteiger charge is -2.13. The third-order valence-electron chi connectivity index (χ3n) is 3.62. The molecule has 7 heteroatoms. The molecule has 0 spiro atoms. The highest BCUT2D eigenvalue weighted by Crippen LogP contribution is 2.51. The predicted molar refractivity (Wildman–Crippen MR) is 73.2 cm³/mol. The number of hydrogen-bond acceptors (Lipinski definition) is 4. The summed E-state index contributed by atoms with van der Waals surface area (Å²) in [5.41, 5.74) is 6.28. The van der Waals surface area contributed by atoms with Crippen molar-refractivity contribution in [2.45, 2.75) is 24.4 Å². The molecule has 1 saturated carbocycles. The predicted octanol–water partition coefficient (Wildman–Crippen LogP) is 3.66. The molecule has 110 valence electrons. The molecular formula is C14H11F3N2OS. The summed E-state index contributed by atoms with van der Waals surface area (Å²) in [4.78, 5) is 15.9. The molecule has 0 unspecified atom stereocenters. The molecular weight excluding hydrogens is 301 g/mol. The minimum Gasteiger partial charge on any atom is -0.399 e. The van der Waals surface area contributed by atoms with E-state index in [1.54, 1.807) is 24.3 Å². The van der Waals surface area contributed by atoms with Crippen molar-refractivity contribution in [2.75, 3.05) is 5.73 Å². The molecule has 0 aliphatic heterocycles. The molecule has 0 amide bonds. The number of ketones is 1. The van der Waals surface area contributed by atoms with Crippen LogP contribution < -0.4 is 5.73 Å². The minimum absolute atomic E-state index is 0.0525. The van der Waals surface area contributed by atoms with Crippen LogP contribution in [-0.2, 0) is 11.6 Å². The second kappa shape index (κ2) is 4.56. The van der Waals surface area contributed by atoms with Crippen LogP contribution >= 0.6 is 11.3 Å². The third kappa shape index (κ3) is 2.42. The second-order valence-electron chi connectivity index (χ2n) is 5.06. The van der Waals surface area contributed by atoms with Gasteiger partial charge < -0.3 is 5.73 Å². The van der Waals surface area contributed by atoms with E-state index in [1.165, 1.54) is 0 Å². The minimum atomic E-state index is -4.51. The summed E-state index contributed by atoms with van der Waals surface area (Å²) in [6.07, 6.45) is -2.22. The molecule has 0 atom stereocenters. The van der Waals surface area contributed by atoms with E-state index in [-0.39, 0.29) is 10.7 Å². The second-order valence-corrected chi connectivity index (χ2v) is 6.09. The largest absolute Gasteiger partial charge is 0.443 e. The fourth-order valence-electron chi connectivity index (χ4n) is 2.32. The SMILES string of the molecule is Nc1ccc(C2(C(=O)c3cnc(C(F)(F)F)s3)CC2)cc1. The lowest BCUT2D eigenvalue weighted by atomic mass is 9.90. The van der Waals surface area contributed by atoms with Gasteiger partial charge in [0.05, 0.1) is 10.3 Å². The zero-order valence-electron chi connectivity index (χ0n) is 10.8. The molecule has 3 rings (SSSR count). The first-order valence-electron chi connectivity index (χ1n) is 6.27. The zero-order chi connectivity index (χ0) is 15.3. The number of carbonyl (C=O) groups is 1. The maximum atomic E-state index is 12.6. The zero-order valence-corrected chi connectivity index (χ0v) is 11.6. The molecule has 3 nitrogen and oxygen atoms in total. The maximum Gasteiger partial charge on any atom is 0.443 e. The lowest BCUT2D eigenvalue weighted by Crippen LogP contribution is -2.19. The Morgan fingerprint density at radius 2 is 1.86 bits per heavy atom. The number of carbonyl (C=O) groups excluding carboxylic acids is 1. The molecule has 1 aromatic heterocycles. The first kappa shape index (κ1) is 14.1. The Labute approximate surface area is 122 Å². The van der Waals surface area contributed by atoms with E-state index in [1.807, 2.05) is 0 Å². The van der Waals surface area contributed by atoms with Crippen molar-refractivity contribution < 1.29 is 18.0 Å². The Bertz CT molecular complexity index is 687. The van der Waals surface area contributed by atoms with Crippen LogP contribution in [0.15, 0.2) is 30.5 Å². The summed E-state index contributed by atoms with van der Waals surface area (Å²) in [5.74, 6) is -0.291. The van der Waals surface area contributed by atoms with Crippen molar-refractivity contribution in [3.63, 3.8) is 0 Å². The number of alkyl halides is 3. The number of nitrogens with two attached hydrogens (primary N) is 1. The van der Waals surface area contributed by atoms with Crippen LogP contribution in [0.2, 0.25) is 0 Å². The number of hydrogen-bond donors (Lipinski definition) is 1. The van der Waals surface area contributed by atoms with Gasteiger partial charge in [0.1, 0.15) is 0 Å². The van der Waals surface area contributed by atoms with Gasteiger partial charge >= 0.3 is 6.18 Å². The molecule has 1 aromatic carbocycles. The van der Waals surface area contributed by atoms with Crippen molar-refractivity contribution in [1.82, 2.24) is 4.98 Å². The molecule has 0 bridgehead atoms. The number of benzene rings is 1. The van der Waals surface area contributed by atoms with Crippen LogP contribution in [0.25, 0.3) is 0 Å². The first-order valence-corrected chi connectivity index (χ1v) is 7.08. The van der Waals surface area contributed by atoms with Gasteiger partial charge in [0, 0.05) is 11.9 Å². The van der Waals surface area contributed by atoms with Crippen LogP contribution in [0.5, 0.6) is 0 Å². The Balaban J connectivity index is 1.91. The fraction of sp³-hybridized carbons (Fsp3) is 0.286. The third-order valence-corrected chi connectivity index (χ3v) is 4.66. The molecule has 0 radical (unpaired) electrons. The number of halogens is 3. The van der Waals surface area contributed by atoms with Gasteiger partial charge in [-0.05, 0) is 30.5 Å². The molecule has 1 fully saturated rings. The van der Waals surface area contributed by atoms with Gasteiger partial charge in [0.2, 0.25) is 0 Å². The van der Waals surface area contributed by atoms with Crippen LogP contribution in [0.4, 0.5) is 18.9 Å². The number of nitrogen functional groups attached to an aromatic ring is 1.